The zero-order valence-electron chi connectivity index (χ0n) is 10.8. The first-order valence-electron chi connectivity index (χ1n) is 6.47. The zero-order valence-corrected chi connectivity index (χ0v) is 11.5. The lowest BCUT2D eigenvalue weighted by Gasteiger charge is -2.22. The Morgan fingerprint density at radius 2 is 2.11 bits per heavy atom. The standard InChI is InChI=1S/C15H17ClN2/c1-10-7-8-18-13(9-10)14(16)17-15(18)12-6-4-3-5-11(12)2/h3-6,10H,7-9H2,1-2H3. The highest BCUT2D eigenvalue weighted by Crippen LogP contribution is 2.32. The van der Waals surface area contributed by atoms with Gasteiger partial charge >= 0.3 is 0 Å². The molecule has 0 N–H and O–H groups in total. The van der Waals surface area contributed by atoms with Gasteiger partial charge in [-0.25, -0.2) is 4.98 Å². The van der Waals surface area contributed by atoms with Crippen LogP contribution in [-0.2, 0) is 13.0 Å². The van der Waals surface area contributed by atoms with Gasteiger partial charge in [0.1, 0.15) is 5.82 Å². The molecule has 0 amide bonds. The largest absolute Gasteiger partial charge is 0.327 e. The van der Waals surface area contributed by atoms with Crippen molar-refractivity contribution in [3.63, 3.8) is 0 Å². The Morgan fingerprint density at radius 3 is 2.89 bits per heavy atom. The molecule has 1 aliphatic rings. The van der Waals surface area contributed by atoms with Crippen LogP contribution in [0.25, 0.3) is 11.4 Å². The lowest BCUT2D eigenvalue weighted by molar-refractivity contribution is 0.419. The van der Waals surface area contributed by atoms with Crippen LogP contribution in [0.4, 0.5) is 0 Å². The van der Waals surface area contributed by atoms with Crippen molar-refractivity contribution in [2.45, 2.75) is 33.2 Å². The van der Waals surface area contributed by atoms with Crippen molar-refractivity contribution in [3.05, 3.63) is 40.7 Å². The lowest BCUT2D eigenvalue weighted by Crippen LogP contribution is -2.17. The Balaban J connectivity index is 2.15. The highest BCUT2D eigenvalue weighted by Gasteiger charge is 2.23. The van der Waals surface area contributed by atoms with E-state index in [-0.39, 0.29) is 0 Å². The fraction of sp³-hybridized carbons (Fsp3) is 0.400. The van der Waals surface area contributed by atoms with E-state index in [9.17, 15) is 0 Å². The van der Waals surface area contributed by atoms with Crippen LogP contribution in [0.15, 0.2) is 24.3 Å². The second kappa shape index (κ2) is 4.43. The molecule has 3 heteroatoms. The first kappa shape index (κ1) is 11.8. The molecule has 0 radical (unpaired) electrons. The maximum absolute atomic E-state index is 6.30. The number of halogens is 1. The van der Waals surface area contributed by atoms with Gasteiger partial charge in [-0.3, -0.25) is 0 Å². The number of nitrogens with zero attached hydrogens (tertiary/aromatic N) is 2. The van der Waals surface area contributed by atoms with Gasteiger partial charge in [0.2, 0.25) is 0 Å². The van der Waals surface area contributed by atoms with Crippen LogP contribution in [0.1, 0.15) is 24.6 Å². The van der Waals surface area contributed by atoms with Gasteiger partial charge in [0.25, 0.3) is 0 Å². The quantitative estimate of drug-likeness (QED) is 0.755. The second-order valence-electron chi connectivity index (χ2n) is 5.24. The SMILES string of the molecule is Cc1ccccc1-c1nc(Cl)c2n1CCC(C)C2. The summed E-state index contributed by atoms with van der Waals surface area (Å²) in [5.41, 5.74) is 3.65. The summed E-state index contributed by atoms with van der Waals surface area (Å²) in [5, 5.41) is 0.680. The van der Waals surface area contributed by atoms with E-state index in [1.54, 1.807) is 0 Å². The Bertz CT molecular complexity index is 586. The topological polar surface area (TPSA) is 17.8 Å². The van der Waals surface area contributed by atoms with Gasteiger partial charge in [-0.1, -0.05) is 42.8 Å². The van der Waals surface area contributed by atoms with Crippen LogP contribution >= 0.6 is 11.6 Å². The van der Waals surface area contributed by atoms with Crippen molar-refractivity contribution in [2.24, 2.45) is 5.92 Å². The molecule has 1 aromatic carbocycles. The highest BCUT2D eigenvalue weighted by atomic mass is 35.5. The van der Waals surface area contributed by atoms with Crippen LogP contribution in [-0.4, -0.2) is 9.55 Å². The zero-order chi connectivity index (χ0) is 12.7. The lowest BCUT2D eigenvalue weighted by atomic mass is 9.98. The van der Waals surface area contributed by atoms with Crippen molar-refractivity contribution < 1.29 is 0 Å². The number of hydrogen-bond acceptors (Lipinski definition) is 1. The Labute approximate surface area is 113 Å². The normalized spacial score (nSPS) is 18.7. The molecule has 0 saturated carbocycles. The van der Waals surface area contributed by atoms with Crippen LogP contribution in [0, 0.1) is 12.8 Å². The van der Waals surface area contributed by atoms with Gasteiger partial charge in [-0.05, 0) is 31.2 Å². The van der Waals surface area contributed by atoms with Crippen LogP contribution in [0.5, 0.6) is 0 Å². The van der Waals surface area contributed by atoms with Crippen LogP contribution < -0.4 is 0 Å². The molecule has 0 fully saturated rings. The fourth-order valence-corrected chi connectivity index (χ4v) is 2.96. The Morgan fingerprint density at radius 1 is 1.33 bits per heavy atom. The maximum Gasteiger partial charge on any atom is 0.150 e. The molecule has 94 valence electrons. The average Bonchev–Trinajstić information content (AvgIpc) is 2.67. The summed E-state index contributed by atoms with van der Waals surface area (Å²) in [6.07, 6.45) is 2.25. The first-order chi connectivity index (χ1) is 8.66. The van der Waals surface area contributed by atoms with E-state index in [1.807, 2.05) is 0 Å². The predicted molar refractivity (Wildman–Crippen MR) is 74.9 cm³/mol. The molecular weight excluding hydrogens is 244 g/mol. The second-order valence-corrected chi connectivity index (χ2v) is 5.60. The number of imidazole rings is 1. The summed E-state index contributed by atoms with van der Waals surface area (Å²) < 4.78 is 2.30. The number of fused-ring (bicyclic) bond motifs is 1. The van der Waals surface area contributed by atoms with E-state index in [0.717, 1.165) is 18.8 Å². The molecule has 1 unspecified atom stereocenters. The molecule has 1 atom stereocenters. The Hall–Kier alpha value is -1.28. The molecule has 18 heavy (non-hydrogen) atoms. The molecule has 1 aliphatic heterocycles. The van der Waals surface area contributed by atoms with Crippen molar-refractivity contribution in [1.82, 2.24) is 9.55 Å². The molecule has 3 rings (SSSR count). The van der Waals surface area contributed by atoms with Gasteiger partial charge in [0, 0.05) is 12.1 Å². The van der Waals surface area contributed by atoms with E-state index in [0.29, 0.717) is 11.1 Å². The van der Waals surface area contributed by atoms with Gasteiger partial charge in [-0.2, -0.15) is 0 Å². The van der Waals surface area contributed by atoms with Crippen LogP contribution in [0.3, 0.4) is 0 Å². The van der Waals surface area contributed by atoms with Crippen LogP contribution in [0.2, 0.25) is 5.15 Å². The minimum Gasteiger partial charge on any atom is -0.327 e. The minimum absolute atomic E-state index is 0.680. The average molecular weight is 261 g/mol. The molecule has 0 saturated heterocycles. The Kier molecular flexibility index (Phi) is 2.90. The third kappa shape index (κ3) is 1.85. The van der Waals surface area contributed by atoms with Crippen molar-refractivity contribution in [3.8, 4) is 11.4 Å². The van der Waals surface area contributed by atoms with Gasteiger partial charge in [-0.15, -0.1) is 0 Å². The number of aromatic nitrogens is 2. The molecular formula is C15H17ClN2. The molecule has 0 spiro atoms. The van der Waals surface area contributed by atoms with E-state index in [2.05, 4.69) is 47.7 Å². The number of benzene rings is 1. The van der Waals surface area contributed by atoms with Gasteiger partial charge < -0.3 is 4.57 Å². The monoisotopic (exact) mass is 260 g/mol. The van der Waals surface area contributed by atoms with Crippen molar-refractivity contribution in [2.75, 3.05) is 0 Å². The molecule has 2 aromatic rings. The van der Waals surface area contributed by atoms with E-state index < -0.39 is 0 Å². The third-order valence-electron chi connectivity index (χ3n) is 3.80. The summed E-state index contributed by atoms with van der Waals surface area (Å²) in [5.74, 6) is 1.73. The van der Waals surface area contributed by atoms with E-state index in [1.165, 1.54) is 23.2 Å². The maximum atomic E-state index is 6.30. The predicted octanol–water partition coefficient (Wildman–Crippen LogP) is 4.09. The molecule has 1 aromatic heterocycles. The fourth-order valence-electron chi connectivity index (χ4n) is 2.70. The first-order valence-corrected chi connectivity index (χ1v) is 6.85. The molecule has 0 bridgehead atoms. The van der Waals surface area contributed by atoms with Gasteiger partial charge in [0.05, 0.1) is 5.69 Å². The molecule has 0 aliphatic carbocycles. The summed E-state index contributed by atoms with van der Waals surface area (Å²) in [6, 6.07) is 8.36. The molecule has 2 heterocycles. The van der Waals surface area contributed by atoms with Crippen molar-refractivity contribution in [1.29, 1.82) is 0 Å². The minimum atomic E-state index is 0.680. The summed E-state index contributed by atoms with van der Waals surface area (Å²) in [7, 11) is 0. The summed E-state index contributed by atoms with van der Waals surface area (Å²) in [6.45, 7) is 5.43. The smallest absolute Gasteiger partial charge is 0.150 e. The highest BCUT2D eigenvalue weighted by molar-refractivity contribution is 6.30. The molecule has 2 nitrogen and oxygen atoms in total. The third-order valence-corrected chi connectivity index (χ3v) is 4.10. The number of hydrogen-bond donors (Lipinski definition) is 0. The van der Waals surface area contributed by atoms with E-state index >= 15 is 0 Å². The summed E-state index contributed by atoms with van der Waals surface area (Å²) in [4.78, 5) is 4.59. The van der Waals surface area contributed by atoms with Crippen molar-refractivity contribution >= 4 is 11.6 Å². The van der Waals surface area contributed by atoms with E-state index in [4.69, 9.17) is 11.6 Å². The number of aryl methyl sites for hydroxylation is 1. The summed E-state index contributed by atoms with van der Waals surface area (Å²) >= 11 is 6.30. The number of rotatable bonds is 1. The van der Waals surface area contributed by atoms with Gasteiger partial charge in [0.15, 0.2) is 5.15 Å².